The Balaban J connectivity index is 4.19. The zero-order valence-corrected chi connectivity index (χ0v) is 54.4. The molecule has 0 fully saturated rings. The second kappa shape index (κ2) is 70.3. The first-order chi connectivity index (χ1) is 41.0. The molecule has 0 amide bonds. The number of esters is 3. The minimum absolute atomic E-state index is 0.0848. The van der Waals surface area contributed by atoms with Crippen LogP contribution in [0.15, 0.2) is 122 Å². The predicted octanol–water partition coefficient (Wildman–Crippen LogP) is 24.3. The lowest BCUT2D eigenvalue weighted by Gasteiger charge is -2.18. The van der Waals surface area contributed by atoms with Gasteiger partial charge in [-0.3, -0.25) is 14.4 Å². The van der Waals surface area contributed by atoms with E-state index in [2.05, 4.69) is 142 Å². The molecular weight excluding hydrogens is 1020 g/mol. The van der Waals surface area contributed by atoms with Crippen LogP contribution >= 0.6 is 0 Å². The average molecular weight is 1150 g/mol. The van der Waals surface area contributed by atoms with Gasteiger partial charge < -0.3 is 14.2 Å². The van der Waals surface area contributed by atoms with Gasteiger partial charge in [0.25, 0.3) is 0 Å². The second-order valence-corrected chi connectivity index (χ2v) is 23.0. The van der Waals surface area contributed by atoms with Crippen molar-refractivity contribution < 1.29 is 28.6 Å². The van der Waals surface area contributed by atoms with Gasteiger partial charge in [0.2, 0.25) is 0 Å². The number of unbranched alkanes of at least 4 members (excludes halogenated alkanes) is 32. The minimum atomic E-state index is -0.791. The molecule has 0 aromatic rings. The van der Waals surface area contributed by atoms with Crippen molar-refractivity contribution in [3.05, 3.63) is 122 Å². The smallest absolute Gasteiger partial charge is 0.306 e. The van der Waals surface area contributed by atoms with Gasteiger partial charge in [0.05, 0.1) is 0 Å². The van der Waals surface area contributed by atoms with Gasteiger partial charge in [0.1, 0.15) is 13.2 Å². The molecule has 0 aromatic carbocycles. The molecule has 0 saturated carbocycles. The summed E-state index contributed by atoms with van der Waals surface area (Å²) in [6, 6.07) is 0. The highest BCUT2D eigenvalue weighted by molar-refractivity contribution is 5.71. The number of hydrogen-bond acceptors (Lipinski definition) is 6. The summed E-state index contributed by atoms with van der Waals surface area (Å²) in [7, 11) is 0. The van der Waals surface area contributed by atoms with Gasteiger partial charge in [-0.05, 0) is 109 Å². The second-order valence-electron chi connectivity index (χ2n) is 23.0. The Morgan fingerprint density at radius 3 is 0.735 bits per heavy atom. The van der Waals surface area contributed by atoms with Crippen LogP contribution in [-0.2, 0) is 28.6 Å². The van der Waals surface area contributed by atoms with Gasteiger partial charge in [-0.15, -0.1) is 0 Å². The molecule has 1 atom stereocenters. The first-order valence-corrected chi connectivity index (χ1v) is 35.0. The van der Waals surface area contributed by atoms with E-state index in [4.69, 9.17) is 14.2 Å². The Morgan fingerprint density at radius 2 is 0.470 bits per heavy atom. The average Bonchev–Trinajstić information content (AvgIpc) is 3.49. The lowest BCUT2D eigenvalue weighted by Crippen LogP contribution is -2.30. The van der Waals surface area contributed by atoms with Crippen LogP contribution < -0.4 is 0 Å². The van der Waals surface area contributed by atoms with Crippen LogP contribution in [0.1, 0.15) is 329 Å². The topological polar surface area (TPSA) is 78.9 Å². The number of allylic oxidation sites excluding steroid dienone is 20. The summed E-state index contributed by atoms with van der Waals surface area (Å²) < 4.78 is 16.9. The van der Waals surface area contributed by atoms with E-state index in [-0.39, 0.29) is 31.1 Å². The summed E-state index contributed by atoms with van der Waals surface area (Å²) in [5.74, 6) is -0.897. The normalized spacial score (nSPS) is 12.9. The van der Waals surface area contributed by atoms with Gasteiger partial charge in [-0.1, -0.05) is 322 Å². The number of ether oxygens (including phenoxy) is 3. The molecule has 0 N–H and O–H groups in total. The van der Waals surface area contributed by atoms with Crippen LogP contribution in [0, 0.1) is 0 Å². The third-order valence-electron chi connectivity index (χ3n) is 15.0. The van der Waals surface area contributed by atoms with Crippen LogP contribution in [0.5, 0.6) is 0 Å². The molecule has 0 aromatic heterocycles. The standard InChI is InChI=1S/C77H130O6/c1-4-7-10-13-16-19-22-25-27-29-30-31-32-33-34-35-36-37-38-39-40-41-42-43-44-45-46-48-49-52-55-58-61-64-67-70-76(79)82-73-74(72-81-75(78)69-66-63-60-57-54-51-24-21-18-15-12-9-6-3)83-77(80)71-68-65-62-59-56-53-50-47-28-26-23-20-17-14-11-8-5-2/h7-8,10-11,16-17,19-20,25-28,30-31,33-34,36-37,50,53,74H,4-6,9,12-15,18,21-24,29,32,35,38-49,51-52,54-73H2,1-3H3/b10-7-,11-8-,19-16-,20-17-,27-25-,28-26-,31-30-,34-33-,37-36-,53-50-. The molecule has 6 heteroatoms. The molecular formula is C77H130O6. The predicted molar refractivity (Wildman–Crippen MR) is 362 cm³/mol. The lowest BCUT2D eigenvalue weighted by atomic mass is 10.0. The van der Waals surface area contributed by atoms with Crippen LogP contribution in [0.4, 0.5) is 0 Å². The Kier molecular flexibility index (Phi) is 66.7. The molecule has 0 rings (SSSR count). The maximum absolute atomic E-state index is 12.9. The van der Waals surface area contributed by atoms with Crippen molar-refractivity contribution in [3.8, 4) is 0 Å². The SMILES string of the molecule is CC/C=C\C/C=C\C/C=C\C/C=C\C/C=C\C/C=C\CCCCCCCCCCCCCCCCCCC(=O)OCC(COC(=O)CCCCCCCCCCCCCCC)OC(=O)CCCCCC/C=C\C/C=C\C/C=C\C/C=C\CC. The highest BCUT2D eigenvalue weighted by Gasteiger charge is 2.19. The van der Waals surface area contributed by atoms with E-state index in [0.717, 1.165) is 135 Å². The fourth-order valence-electron chi connectivity index (χ4n) is 9.79. The molecule has 474 valence electrons. The molecule has 83 heavy (non-hydrogen) atoms. The Bertz CT molecular complexity index is 1700. The molecule has 0 saturated heterocycles. The molecule has 0 radical (unpaired) electrons. The maximum atomic E-state index is 12.9. The number of rotatable bonds is 63. The first kappa shape index (κ1) is 78.8. The van der Waals surface area contributed by atoms with Crippen LogP contribution in [0.2, 0.25) is 0 Å². The Hall–Kier alpha value is -4.19. The first-order valence-electron chi connectivity index (χ1n) is 35.0. The summed E-state index contributed by atoms with van der Waals surface area (Å²) in [5.41, 5.74) is 0. The van der Waals surface area contributed by atoms with E-state index in [0.29, 0.717) is 19.3 Å². The van der Waals surface area contributed by atoms with E-state index in [1.807, 2.05) is 0 Å². The summed E-state index contributed by atoms with van der Waals surface area (Å²) in [6.07, 6.45) is 98.0. The summed E-state index contributed by atoms with van der Waals surface area (Å²) in [5, 5.41) is 0. The third kappa shape index (κ3) is 68.5. The quantitative estimate of drug-likeness (QED) is 0.0261. The van der Waals surface area contributed by atoms with Gasteiger partial charge in [-0.25, -0.2) is 0 Å². The lowest BCUT2D eigenvalue weighted by molar-refractivity contribution is -0.167. The summed E-state index contributed by atoms with van der Waals surface area (Å²) >= 11 is 0. The highest BCUT2D eigenvalue weighted by atomic mass is 16.6. The Morgan fingerprint density at radius 1 is 0.253 bits per heavy atom. The van der Waals surface area contributed by atoms with Crippen molar-refractivity contribution in [3.63, 3.8) is 0 Å². The van der Waals surface area contributed by atoms with Crippen LogP contribution in [0.25, 0.3) is 0 Å². The largest absolute Gasteiger partial charge is 0.462 e. The highest BCUT2D eigenvalue weighted by Crippen LogP contribution is 2.17. The van der Waals surface area contributed by atoms with E-state index < -0.39 is 6.10 Å². The molecule has 0 bridgehead atoms. The van der Waals surface area contributed by atoms with Gasteiger partial charge >= 0.3 is 17.9 Å². The van der Waals surface area contributed by atoms with Crippen LogP contribution in [0.3, 0.4) is 0 Å². The fourth-order valence-corrected chi connectivity index (χ4v) is 9.79. The van der Waals surface area contributed by atoms with Crippen molar-refractivity contribution in [2.75, 3.05) is 13.2 Å². The molecule has 1 unspecified atom stereocenters. The number of carbonyl (C=O) groups is 3. The molecule has 6 nitrogen and oxygen atoms in total. The zero-order valence-electron chi connectivity index (χ0n) is 54.4. The van der Waals surface area contributed by atoms with Gasteiger partial charge in [0, 0.05) is 19.3 Å². The van der Waals surface area contributed by atoms with E-state index in [1.54, 1.807) is 0 Å². The maximum Gasteiger partial charge on any atom is 0.306 e. The zero-order chi connectivity index (χ0) is 59.9. The van der Waals surface area contributed by atoms with Crippen LogP contribution in [-0.4, -0.2) is 37.2 Å². The number of carbonyl (C=O) groups excluding carboxylic acids is 3. The van der Waals surface area contributed by atoms with E-state index in [9.17, 15) is 14.4 Å². The fraction of sp³-hybridized carbons (Fsp3) is 0.701. The van der Waals surface area contributed by atoms with Gasteiger partial charge in [0.15, 0.2) is 6.10 Å². The van der Waals surface area contributed by atoms with Crippen molar-refractivity contribution in [1.29, 1.82) is 0 Å². The summed E-state index contributed by atoms with van der Waals surface area (Å²) in [4.78, 5) is 38.4. The molecule has 0 aliphatic heterocycles. The third-order valence-corrected chi connectivity index (χ3v) is 15.0. The van der Waals surface area contributed by atoms with Crippen molar-refractivity contribution in [2.45, 2.75) is 335 Å². The van der Waals surface area contributed by atoms with Crippen molar-refractivity contribution in [1.82, 2.24) is 0 Å². The molecule has 0 spiro atoms. The molecule has 0 aliphatic rings. The monoisotopic (exact) mass is 1150 g/mol. The molecule has 0 aliphatic carbocycles. The van der Waals surface area contributed by atoms with Crippen molar-refractivity contribution in [2.24, 2.45) is 0 Å². The van der Waals surface area contributed by atoms with E-state index >= 15 is 0 Å². The molecule has 0 heterocycles. The van der Waals surface area contributed by atoms with Gasteiger partial charge in [-0.2, -0.15) is 0 Å². The summed E-state index contributed by atoms with van der Waals surface area (Å²) in [6.45, 7) is 6.42. The van der Waals surface area contributed by atoms with Crippen molar-refractivity contribution >= 4 is 17.9 Å². The van der Waals surface area contributed by atoms with E-state index in [1.165, 1.54) is 154 Å². The Labute approximate surface area is 513 Å². The minimum Gasteiger partial charge on any atom is -0.462 e. The number of hydrogen-bond donors (Lipinski definition) is 0.